The molecule has 0 aliphatic rings. The van der Waals surface area contributed by atoms with Crippen molar-refractivity contribution in [1.29, 1.82) is 0 Å². The van der Waals surface area contributed by atoms with Gasteiger partial charge in [-0.15, -0.1) is 0 Å². The highest BCUT2D eigenvalue weighted by Gasteiger charge is 2.08. The summed E-state index contributed by atoms with van der Waals surface area (Å²) in [5.74, 6) is 1.02. The molecule has 2 N–H and O–H groups in total. The average Bonchev–Trinajstić information content (AvgIpc) is 2.74. The van der Waals surface area contributed by atoms with E-state index in [0.717, 1.165) is 22.4 Å². The minimum absolute atomic E-state index is 0.263. The van der Waals surface area contributed by atoms with Crippen LogP contribution in [0.2, 0.25) is 10.0 Å². The quantitative estimate of drug-likeness (QED) is 0.745. The van der Waals surface area contributed by atoms with Crippen LogP contribution in [0.1, 0.15) is 11.4 Å². The molecule has 0 atom stereocenters. The summed E-state index contributed by atoms with van der Waals surface area (Å²) < 4.78 is 0. The monoisotopic (exact) mass is 292 g/mol. The van der Waals surface area contributed by atoms with Gasteiger partial charge in [0, 0.05) is 12.0 Å². The van der Waals surface area contributed by atoms with Crippen molar-refractivity contribution in [3.8, 4) is 5.75 Å². The van der Waals surface area contributed by atoms with Crippen molar-refractivity contribution in [1.82, 2.24) is 9.97 Å². The van der Waals surface area contributed by atoms with Crippen molar-refractivity contribution in [3.63, 3.8) is 0 Å². The standard InChI is InChI=1S/C14H10Cl2N2O/c15-9-6-11-12(7-10(9)16)18-14(17-11)5-8-3-1-2-4-13(8)19/h1-4,6-7,19H,5H2,(H,17,18). The van der Waals surface area contributed by atoms with E-state index in [4.69, 9.17) is 23.2 Å². The molecule has 1 aromatic heterocycles. The molecular formula is C14H10Cl2N2O. The van der Waals surface area contributed by atoms with Crippen molar-refractivity contribution < 1.29 is 5.11 Å². The van der Waals surface area contributed by atoms with Crippen LogP contribution < -0.4 is 0 Å². The maximum Gasteiger partial charge on any atom is 0.119 e. The van der Waals surface area contributed by atoms with Crippen LogP contribution >= 0.6 is 23.2 Å². The summed E-state index contributed by atoms with van der Waals surface area (Å²) in [4.78, 5) is 7.62. The molecule has 0 aliphatic carbocycles. The van der Waals surface area contributed by atoms with E-state index in [1.165, 1.54) is 0 Å². The van der Waals surface area contributed by atoms with E-state index in [-0.39, 0.29) is 5.75 Å². The summed E-state index contributed by atoms with van der Waals surface area (Å²) in [6.45, 7) is 0. The fraction of sp³-hybridized carbons (Fsp3) is 0.0714. The first kappa shape index (κ1) is 12.3. The van der Waals surface area contributed by atoms with Gasteiger partial charge in [-0.2, -0.15) is 0 Å². The maximum atomic E-state index is 9.75. The second-order valence-electron chi connectivity index (χ2n) is 4.27. The Labute approximate surface area is 119 Å². The molecule has 1 heterocycles. The van der Waals surface area contributed by atoms with Gasteiger partial charge >= 0.3 is 0 Å². The molecular weight excluding hydrogens is 283 g/mol. The van der Waals surface area contributed by atoms with Crippen LogP contribution in [0.5, 0.6) is 5.75 Å². The highest BCUT2D eigenvalue weighted by Crippen LogP contribution is 2.27. The Morgan fingerprint density at radius 1 is 1.11 bits per heavy atom. The Bertz CT molecular complexity index is 713. The number of fused-ring (bicyclic) bond motifs is 1. The van der Waals surface area contributed by atoms with E-state index in [9.17, 15) is 5.11 Å². The van der Waals surface area contributed by atoms with Gasteiger partial charge in [-0.25, -0.2) is 4.98 Å². The van der Waals surface area contributed by atoms with E-state index < -0.39 is 0 Å². The number of phenolic OH excluding ortho intramolecular Hbond substituents is 1. The third kappa shape index (κ3) is 2.39. The summed E-state index contributed by atoms with van der Waals surface area (Å²) in [5, 5.41) is 10.7. The lowest BCUT2D eigenvalue weighted by molar-refractivity contribution is 0.469. The molecule has 0 radical (unpaired) electrons. The van der Waals surface area contributed by atoms with Crippen LogP contribution in [0.15, 0.2) is 36.4 Å². The first-order valence-corrected chi connectivity index (χ1v) is 6.49. The minimum Gasteiger partial charge on any atom is -0.508 e. The molecule has 19 heavy (non-hydrogen) atoms. The Balaban J connectivity index is 2.00. The highest BCUT2D eigenvalue weighted by atomic mass is 35.5. The average molecular weight is 293 g/mol. The number of H-pyrrole nitrogens is 1. The molecule has 5 heteroatoms. The first-order chi connectivity index (χ1) is 9.13. The Kier molecular flexibility index (Phi) is 3.09. The largest absolute Gasteiger partial charge is 0.508 e. The second kappa shape index (κ2) is 4.76. The first-order valence-electron chi connectivity index (χ1n) is 5.74. The number of nitrogens with zero attached hydrogens (tertiary/aromatic N) is 1. The van der Waals surface area contributed by atoms with Gasteiger partial charge in [-0.3, -0.25) is 0 Å². The molecule has 0 bridgehead atoms. The van der Waals surface area contributed by atoms with E-state index in [2.05, 4.69) is 9.97 Å². The Hall–Kier alpha value is -1.71. The lowest BCUT2D eigenvalue weighted by Crippen LogP contribution is -1.90. The van der Waals surface area contributed by atoms with Crippen molar-refractivity contribution in [3.05, 3.63) is 57.8 Å². The van der Waals surface area contributed by atoms with Gasteiger partial charge in [-0.05, 0) is 18.2 Å². The molecule has 3 aromatic rings. The number of para-hydroxylation sites is 1. The fourth-order valence-electron chi connectivity index (χ4n) is 1.98. The van der Waals surface area contributed by atoms with Crippen LogP contribution in [0.25, 0.3) is 11.0 Å². The normalized spacial score (nSPS) is 11.1. The van der Waals surface area contributed by atoms with Crippen molar-refractivity contribution in [2.24, 2.45) is 0 Å². The zero-order chi connectivity index (χ0) is 13.4. The predicted octanol–water partition coefficient (Wildman–Crippen LogP) is 4.17. The maximum absolute atomic E-state index is 9.75. The number of aromatic hydroxyl groups is 1. The van der Waals surface area contributed by atoms with Crippen LogP contribution in [-0.2, 0) is 6.42 Å². The molecule has 3 nitrogen and oxygen atoms in total. The molecule has 0 unspecified atom stereocenters. The predicted molar refractivity (Wildman–Crippen MR) is 77.0 cm³/mol. The van der Waals surface area contributed by atoms with Crippen LogP contribution in [0.4, 0.5) is 0 Å². The number of hydrogen-bond acceptors (Lipinski definition) is 2. The fourth-order valence-corrected chi connectivity index (χ4v) is 2.30. The molecule has 0 aliphatic heterocycles. The lowest BCUT2D eigenvalue weighted by Gasteiger charge is -2.00. The molecule has 2 aromatic carbocycles. The summed E-state index contributed by atoms with van der Waals surface area (Å²) in [7, 11) is 0. The number of phenols is 1. The number of aromatic nitrogens is 2. The molecule has 0 amide bonds. The highest BCUT2D eigenvalue weighted by molar-refractivity contribution is 6.42. The van der Waals surface area contributed by atoms with Crippen LogP contribution in [0.3, 0.4) is 0 Å². The van der Waals surface area contributed by atoms with E-state index in [1.54, 1.807) is 24.3 Å². The number of aromatic amines is 1. The molecule has 0 fully saturated rings. The zero-order valence-electron chi connectivity index (χ0n) is 9.82. The summed E-state index contributed by atoms with van der Waals surface area (Å²) in [6, 6.07) is 10.7. The van der Waals surface area contributed by atoms with Gasteiger partial charge in [0.2, 0.25) is 0 Å². The molecule has 0 spiro atoms. The number of benzene rings is 2. The zero-order valence-corrected chi connectivity index (χ0v) is 11.3. The number of nitrogens with one attached hydrogen (secondary N) is 1. The van der Waals surface area contributed by atoms with Crippen LogP contribution in [-0.4, -0.2) is 15.1 Å². The van der Waals surface area contributed by atoms with E-state index in [1.807, 2.05) is 12.1 Å². The summed E-state index contributed by atoms with van der Waals surface area (Å²) in [6.07, 6.45) is 0.524. The molecule has 0 saturated carbocycles. The number of hydrogen-bond donors (Lipinski definition) is 2. The molecule has 3 rings (SSSR count). The lowest BCUT2D eigenvalue weighted by atomic mass is 10.1. The van der Waals surface area contributed by atoms with Gasteiger partial charge in [0.05, 0.1) is 21.1 Å². The topological polar surface area (TPSA) is 48.9 Å². The summed E-state index contributed by atoms with van der Waals surface area (Å²) in [5.41, 5.74) is 2.42. The van der Waals surface area contributed by atoms with Crippen molar-refractivity contribution in [2.45, 2.75) is 6.42 Å². The van der Waals surface area contributed by atoms with Gasteiger partial charge in [0.25, 0.3) is 0 Å². The van der Waals surface area contributed by atoms with Gasteiger partial charge in [0.15, 0.2) is 0 Å². The Morgan fingerprint density at radius 3 is 2.63 bits per heavy atom. The Morgan fingerprint density at radius 2 is 1.84 bits per heavy atom. The SMILES string of the molecule is Oc1ccccc1Cc1nc2cc(Cl)c(Cl)cc2[nH]1. The number of imidazole rings is 1. The molecule has 0 saturated heterocycles. The second-order valence-corrected chi connectivity index (χ2v) is 5.09. The third-order valence-corrected chi connectivity index (χ3v) is 3.64. The van der Waals surface area contributed by atoms with Gasteiger partial charge in [0.1, 0.15) is 11.6 Å². The number of halogens is 2. The van der Waals surface area contributed by atoms with E-state index >= 15 is 0 Å². The van der Waals surface area contributed by atoms with Crippen molar-refractivity contribution >= 4 is 34.2 Å². The smallest absolute Gasteiger partial charge is 0.119 e. The molecule has 96 valence electrons. The van der Waals surface area contributed by atoms with Crippen LogP contribution in [0, 0.1) is 0 Å². The summed E-state index contributed by atoms with van der Waals surface area (Å²) >= 11 is 11.9. The number of rotatable bonds is 2. The van der Waals surface area contributed by atoms with Gasteiger partial charge in [-0.1, -0.05) is 41.4 Å². The van der Waals surface area contributed by atoms with Gasteiger partial charge < -0.3 is 10.1 Å². The minimum atomic E-state index is 0.263. The van der Waals surface area contributed by atoms with E-state index in [0.29, 0.717) is 16.5 Å². The third-order valence-electron chi connectivity index (χ3n) is 2.92. The van der Waals surface area contributed by atoms with Crippen molar-refractivity contribution in [2.75, 3.05) is 0 Å².